The molecule has 1 N–H and O–H groups in total. The quantitative estimate of drug-likeness (QED) is 0.916. The molecular weight excluding hydrogens is 333 g/mol. The first-order valence-corrected chi connectivity index (χ1v) is 7.86. The number of piperazine rings is 1. The van der Waals surface area contributed by atoms with Gasteiger partial charge in [-0.25, -0.2) is 4.79 Å². The molecular formula is C18H17F3N2O2. The van der Waals surface area contributed by atoms with Gasteiger partial charge in [-0.1, -0.05) is 12.1 Å². The van der Waals surface area contributed by atoms with Crippen LogP contribution in [-0.4, -0.2) is 37.3 Å². The summed E-state index contributed by atoms with van der Waals surface area (Å²) in [5.74, 6) is -0.986. The lowest BCUT2D eigenvalue weighted by molar-refractivity contribution is -0.137. The van der Waals surface area contributed by atoms with Crippen LogP contribution in [0.2, 0.25) is 0 Å². The van der Waals surface area contributed by atoms with Crippen molar-refractivity contribution in [2.24, 2.45) is 0 Å². The van der Waals surface area contributed by atoms with Gasteiger partial charge in [0.2, 0.25) is 0 Å². The third kappa shape index (κ3) is 3.70. The van der Waals surface area contributed by atoms with Crippen LogP contribution in [0.15, 0.2) is 48.5 Å². The van der Waals surface area contributed by atoms with Gasteiger partial charge in [-0.15, -0.1) is 0 Å². The van der Waals surface area contributed by atoms with Gasteiger partial charge in [-0.05, 0) is 36.4 Å². The van der Waals surface area contributed by atoms with Crippen LogP contribution in [0.3, 0.4) is 0 Å². The van der Waals surface area contributed by atoms with E-state index in [-0.39, 0.29) is 11.3 Å². The molecule has 0 aliphatic carbocycles. The number of hydrogen-bond acceptors (Lipinski definition) is 3. The molecule has 1 fully saturated rings. The highest BCUT2D eigenvalue weighted by Gasteiger charge is 2.35. The van der Waals surface area contributed by atoms with E-state index < -0.39 is 17.7 Å². The van der Waals surface area contributed by atoms with Crippen LogP contribution in [0.4, 0.5) is 24.5 Å². The van der Waals surface area contributed by atoms with Crippen LogP contribution in [0, 0.1) is 0 Å². The van der Waals surface area contributed by atoms with E-state index in [4.69, 9.17) is 5.11 Å². The Morgan fingerprint density at radius 3 is 2.00 bits per heavy atom. The van der Waals surface area contributed by atoms with Gasteiger partial charge in [-0.3, -0.25) is 0 Å². The van der Waals surface area contributed by atoms with E-state index in [0.29, 0.717) is 26.2 Å². The zero-order valence-corrected chi connectivity index (χ0v) is 13.3. The molecule has 1 aliphatic rings. The Kier molecular flexibility index (Phi) is 4.57. The molecule has 0 radical (unpaired) electrons. The third-order valence-corrected chi connectivity index (χ3v) is 4.31. The number of rotatable bonds is 3. The third-order valence-electron chi connectivity index (χ3n) is 4.31. The first-order chi connectivity index (χ1) is 11.9. The summed E-state index contributed by atoms with van der Waals surface area (Å²) in [5.41, 5.74) is 0.667. The molecule has 7 heteroatoms. The zero-order chi connectivity index (χ0) is 18.0. The first kappa shape index (κ1) is 17.1. The number of hydrogen-bond donors (Lipinski definition) is 1. The Labute approximate surface area is 143 Å². The second kappa shape index (κ2) is 6.66. The minimum atomic E-state index is -4.37. The molecule has 0 amide bonds. The summed E-state index contributed by atoms with van der Waals surface area (Å²) >= 11 is 0. The molecule has 0 spiro atoms. The summed E-state index contributed by atoms with van der Waals surface area (Å²) in [5, 5.41) is 8.93. The maximum atomic E-state index is 13.2. The van der Waals surface area contributed by atoms with E-state index in [1.165, 1.54) is 24.3 Å². The minimum Gasteiger partial charge on any atom is -0.478 e. The maximum absolute atomic E-state index is 13.2. The van der Waals surface area contributed by atoms with Crippen molar-refractivity contribution in [3.8, 4) is 0 Å². The van der Waals surface area contributed by atoms with Gasteiger partial charge in [-0.2, -0.15) is 13.2 Å². The van der Waals surface area contributed by atoms with Crippen LogP contribution in [0.5, 0.6) is 0 Å². The number of aromatic carboxylic acids is 1. The summed E-state index contributed by atoms with van der Waals surface area (Å²) in [6.07, 6.45) is -4.37. The number of nitrogens with zero attached hydrogens (tertiary/aromatic N) is 2. The van der Waals surface area contributed by atoms with E-state index >= 15 is 0 Å². The van der Waals surface area contributed by atoms with Gasteiger partial charge in [0.05, 0.1) is 11.1 Å². The topological polar surface area (TPSA) is 43.8 Å². The number of carbonyl (C=O) groups is 1. The van der Waals surface area contributed by atoms with Crippen molar-refractivity contribution in [2.45, 2.75) is 6.18 Å². The summed E-state index contributed by atoms with van der Waals surface area (Å²) < 4.78 is 39.5. The molecule has 3 rings (SSSR count). The summed E-state index contributed by atoms with van der Waals surface area (Å²) in [4.78, 5) is 14.7. The fraction of sp³-hybridized carbons (Fsp3) is 0.278. The summed E-state index contributed by atoms with van der Waals surface area (Å²) in [6, 6.07) is 12.1. The summed E-state index contributed by atoms with van der Waals surface area (Å²) in [6.45, 7) is 2.07. The van der Waals surface area contributed by atoms with Crippen molar-refractivity contribution in [1.29, 1.82) is 0 Å². The van der Waals surface area contributed by atoms with Crippen molar-refractivity contribution in [3.05, 3.63) is 59.7 Å². The molecule has 1 heterocycles. The van der Waals surface area contributed by atoms with E-state index in [9.17, 15) is 18.0 Å². The second-order valence-corrected chi connectivity index (χ2v) is 5.84. The fourth-order valence-electron chi connectivity index (χ4n) is 3.01. The number of anilines is 2. The molecule has 0 atom stereocenters. The fourth-order valence-corrected chi connectivity index (χ4v) is 3.01. The predicted octanol–water partition coefficient (Wildman–Crippen LogP) is 3.73. The van der Waals surface area contributed by atoms with Crippen LogP contribution in [0.25, 0.3) is 0 Å². The van der Waals surface area contributed by atoms with Gasteiger partial charge in [0.15, 0.2) is 0 Å². The predicted molar refractivity (Wildman–Crippen MR) is 89.3 cm³/mol. The average Bonchev–Trinajstić information content (AvgIpc) is 2.61. The Morgan fingerprint density at radius 2 is 1.44 bits per heavy atom. The SMILES string of the molecule is O=C(O)c1ccc(N2CCN(c3ccccc3C(F)(F)F)CC2)cc1. The molecule has 132 valence electrons. The molecule has 2 aromatic carbocycles. The van der Waals surface area contributed by atoms with Gasteiger partial charge in [0.25, 0.3) is 0 Å². The van der Waals surface area contributed by atoms with Crippen LogP contribution in [0.1, 0.15) is 15.9 Å². The largest absolute Gasteiger partial charge is 0.478 e. The van der Waals surface area contributed by atoms with Crippen molar-refractivity contribution < 1.29 is 23.1 Å². The number of benzene rings is 2. The lowest BCUT2D eigenvalue weighted by Gasteiger charge is -2.38. The number of para-hydroxylation sites is 1. The highest BCUT2D eigenvalue weighted by molar-refractivity contribution is 5.88. The van der Waals surface area contributed by atoms with Crippen molar-refractivity contribution in [2.75, 3.05) is 36.0 Å². The molecule has 25 heavy (non-hydrogen) atoms. The van der Waals surface area contributed by atoms with E-state index in [1.54, 1.807) is 23.1 Å². The first-order valence-electron chi connectivity index (χ1n) is 7.86. The number of alkyl halides is 3. The minimum absolute atomic E-state index is 0.205. The molecule has 4 nitrogen and oxygen atoms in total. The van der Waals surface area contributed by atoms with Crippen LogP contribution in [-0.2, 0) is 6.18 Å². The highest BCUT2D eigenvalue weighted by Crippen LogP contribution is 2.36. The van der Waals surface area contributed by atoms with Gasteiger partial charge in [0.1, 0.15) is 0 Å². The lowest BCUT2D eigenvalue weighted by atomic mass is 10.1. The monoisotopic (exact) mass is 350 g/mol. The van der Waals surface area contributed by atoms with Crippen LogP contribution >= 0.6 is 0 Å². The molecule has 0 unspecified atom stereocenters. The number of carboxylic acid groups (broad SMARTS) is 1. The van der Waals surface area contributed by atoms with Gasteiger partial charge < -0.3 is 14.9 Å². The van der Waals surface area contributed by atoms with Crippen LogP contribution < -0.4 is 9.80 Å². The number of halogens is 3. The standard InChI is InChI=1S/C18H17F3N2O2/c19-18(20,21)15-3-1-2-4-16(15)23-11-9-22(10-12-23)14-7-5-13(6-8-14)17(24)25/h1-8H,9-12H2,(H,24,25). The van der Waals surface area contributed by atoms with Gasteiger partial charge >= 0.3 is 12.1 Å². The second-order valence-electron chi connectivity index (χ2n) is 5.84. The Bertz CT molecular complexity index is 752. The zero-order valence-electron chi connectivity index (χ0n) is 13.3. The summed E-state index contributed by atoms with van der Waals surface area (Å²) in [7, 11) is 0. The van der Waals surface area contributed by atoms with Crippen molar-refractivity contribution in [1.82, 2.24) is 0 Å². The van der Waals surface area contributed by atoms with E-state index in [0.717, 1.165) is 11.8 Å². The maximum Gasteiger partial charge on any atom is 0.418 e. The molecule has 2 aromatic rings. The number of carboxylic acids is 1. The average molecular weight is 350 g/mol. The molecule has 0 aromatic heterocycles. The highest BCUT2D eigenvalue weighted by atomic mass is 19.4. The lowest BCUT2D eigenvalue weighted by Crippen LogP contribution is -2.47. The molecule has 1 aliphatic heterocycles. The van der Waals surface area contributed by atoms with Gasteiger partial charge in [0, 0.05) is 37.6 Å². The molecule has 1 saturated heterocycles. The van der Waals surface area contributed by atoms with E-state index in [2.05, 4.69) is 0 Å². The van der Waals surface area contributed by atoms with Crippen molar-refractivity contribution >= 4 is 17.3 Å². The molecule has 0 saturated carbocycles. The normalized spacial score (nSPS) is 15.3. The van der Waals surface area contributed by atoms with Crippen molar-refractivity contribution in [3.63, 3.8) is 0 Å². The Balaban J connectivity index is 1.71. The Morgan fingerprint density at radius 1 is 0.880 bits per heavy atom. The smallest absolute Gasteiger partial charge is 0.418 e. The molecule has 0 bridgehead atoms. The van der Waals surface area contributed by atoms with E-state index in [1.807, 2.05) is 4.90 Å². The Hall–Kier alpha value is -2.70.